The maximum atomic E-state index is 13.9. The Morgan fingerprint density at radius 3 is 2.01 bits per heavy atom. The van der Waals surface area contributed by atoms with Crippen molar-refractivity contribution in [2.45, 2.75) is 64.7 Å². The van der Waals surface area contributed by atoms with Gasteiger partial charge in [-0.1, -0.05) is 135 Å². The Labute approximate surface area is 445 Å². The molecule has 1 fully saturated rings. The highest BCUT2D eigenvalue weighted by Gasteiger charge is 2.52. The molecule has 3 N–H and O–H groups in total. The minimum Gasteiger partial charge on any atom is -0.399 e. The first-order valence-electron chi connectivity index (χ1n) is 25.6. The van der Waals surface area contributed by atoms with E-state index in [0.29, 0.717) is 40.4 Å². The van der Waals surface area contributed by atoms with E-state index in [1.807, 2.05) is 149 Å². The lowest BCUT2D eigenvalue weighted by atomic mass is 9.76. The zero-order chi connectivity index (χ0) is 53.5. The number of H-pyrrole nitrogens is 2. The van der Waals surface area contributed by atoms with Gasteiger partial charge in [-0.2, -0.15) is 10.2 Å². The average molecular weight is 1020 g/mol. The molecular formula is C62H55BFN9O4. The SMILES string of the molecule is CC(C)CC(=O)Nc1cncc(-c2ccc3[nH]nc(-c4nc5c(-c6cccc(F)c6)cncc5[nH]4)c3c2)c1.CC1(C)OB(c2ccc3c(c2)c(C=O)nn3C(c2ccccc2)(c2ccccc2)c2ccccc2)OC1(C)C. The van der Waals surface area contributed by atoms with Gasteiger partial charge in [-0.15, -0.1) is 0 Å². The summed E-state index contributed by atoms with van der Waals surface area (Å²) in [6.07, 6.45) is 8.06. The molecule has 1 saturated heterocycles. The first kappa shape index (κ1) is 50.3. The van der Waals surface area contributed by atoms with Crippen LogP contribution in [0, 0.1) is 11.7 Å². The zero-order valence-corrected chi connectivity index (χ0v) is 43.5. The van der Waals surface area contributed by atoms with Crippen LogP contribution in [0.5, 0.6) is 0 Å². The number of anilines is 1. The van der Waals surface area contributed by atoms with Gasteiger partial charge < -0.3 is 19.6 Å². The number of imidazole rings is 1. The van der Waals surface area contributed by atoms with Crippen molar-refractivity contribution in [2.24, 2.45) is 5.92 Å². The minimum atomic E-state index is -0.824. The van der Waals surface area contributed by atoms with Gasteiger partial charge in [0.2, 0.25) is 5.91 Å². The lowest BCUT2D eigenvalue weighted by Gasteiger charge is -2.37. The number of carbonyl (C=O) groups is 2. The number of hydrogen-bond donors (Lipinski definition) is 3. The van der Waals surface area contributed by atoms with E-state index in [9.17, 15) is 14.0 Å². The van der Waals surface area contributed by atoms with E-state index in [2.05, 4.69) is 66.9 Å². The highest BCUT2D eigenvalue weighted by atomic mass is 19.1. The standard InChI is InChI=1S/C33H31BN2O3.C29H24FN7O/c1-31(2)32(3,4)39-34(38-31)27-20-21-30-28(22-27)29(23-37)35-36(30)33(24-14-8-5-9-15-24,25-16-10-6-11-17-25)26-18-12-7-13-19-26;1-16(2)8-26(38)33-21-10-19(12-31-13-21)17-6-7-24-22(11-17)28(37-36-24)29-34-25-15-32-14-23(27(25)35-29)18-4-3-5-20(30)9-18/h5-23H,1-4H3;3-7,9-16H,8H2,1-2H3,(H,33,38)(H,34,35)(H,36,37). The van der Waals surface area contributed by atoms with Crippen molar-refractivity contribution in [3.8, 4) is 33.8 Å². The van der Waals surface area contributed by atoms with E-state index in [0.717, 1.165) is 72.5 Å². The molecule has 0 radical (unpaired) electrons. The molecule has 1 aliphatic heterocycles. The second kappa shape index (κ2) is 20.3. The number of aromatic amines is 2. The molecule has 12 rings (SSSR count). The molecular weight excluding hydrogens is 965 g/mol. The van der Waals surface area contributed by atoms with E-state index in [-0.39, 0.29) is 17.6 Å². The molecule has 6 aromatic carbocycles. The Bertz CT molecular complexity index is 3840. The maximum absolute atomic E-state index is 13.9. The molecule has 0 unspecified atom stereocenters. The molecule has 13 nitrogen and oxygen atoms in total. The molecule has 0 saturated carbocycles. The number of rotatable bonds is 12. The summed E-state index contributed by atoms with van der Waals surface area (Å²) in [6, 6.07) is 51.2. The third kappa shape index (κ3) is 9.49. The van der Waals surface area contributed by atoms with Crippen LogP contribution in [0.15, 0.2) is 183 Å². The van der Waals surface area contributed by atoms with Gasteiger partial charge in [-0.25, -0.2) is 14.1 Å². The quantitative estimate of drug-likeness (QED) is 0.0613. The third-order valence-corrected chi connectivity index (χ3v) is 14.5. The molecule has 382 valence electrons. The number of aldehydes is 1. The Morgan fingerprint density at radius 2 is 1.38 bits per heavy atom. The van der Waals surface area contributed by atoms with Gasteiger partial charge in [0, 0.05) is 40.7 Å². The van der Waals surface area contributed by atoms with Crippen molar-refractivity contribution in [3.63, 3.8) is 0 Å². The number of hydrogen-bond acceptors (Lipinski definition) is 9. The van der Waals surface area contributed by atoms with Crippen LogP contribution in [-0.4, -0.2) is 70.4 Å². The molecule has 1 amide bonds. The van der Waals surface area contributed by atoms with Crippen molar-refractivity contribution in [3.05, 3.63) is 211 Å². The first-order valence-corrected chi connectivity index (χ1v) is 25.6. The molecule has 1 aliphatic rings. The zero-order valence-electron chi connectivity index (χ0n) is 43.5. The average Bonchev–Trinajstić information content (AvgIpc) is 4.26. The van der Waals surface area contributed by atoms with Gasteiger partial charge in [-0.3, -0.25) is 24.7 Å². The van der Waals surface area contributed by atoms with Crippen molar-refractivity contribution in [2.75, 3.05) is 5.32 Å². The second-order valence-electron chi connectivity index (χ2n) is 20.7. The van der Waals surface area contributed by atoms with Crippen LogP contribution in [0.3, 0.4) is 0 Å². The Morgan fingerprint density at radius 1 is 0.714 bits per heavy atom. The van der Waals surface area contributed by atoms with Crippen LogP contribution in [0.4, 0.5) is 10.1 Å². The summed E-state index contributed by atoms with van der Waals surface area (Å²) >= 11 is 0. The Kier molecular flexibility index (Phi) is 13.3. The van der Waals surface area contributed by atoms with Crippen LogP contribution in [-0.2, 0) is 19.6 Å². The number of aromatic nitrogens is 8. The minimum absolute atomic E-state index is 0.0384. The van der Waals surface area contributed by atoms with Crippen LogP contribution >= 0.6 is 0 Å². The van der Waals surface area contributed by atoms with Gasteiger partial charge in [0.1, 0.15) is 22.7 Å². The normalized spacial score (nSPS) is 14.0. The summed E-state index contributed by atoms with van der Waals surface area (Å²) in [5.41, 5.74) is 10.2. The van der Waals surface area contributed by atoms with Gasteiger partial charge in [0.15, 0.2) is 12.1 Å². The van der Waals surface area contributed by atoms with Gasteiger partial charge in [0.25, 0.3) is 0 Å². The second-order valence-corrected chi connectivity index (χ2v) is 20.7. The number of nitrogens with one attached hydrogen (secondary N) is 3. The molecule has 0 spiro atoms. The van der Waals surface area contributed by atoms with E-state index >= 15 is 0 Å². The number of fused-ring (bicyclic) bond motifs is 3. The molecule has 0 atom stereocenters. The topological polar surface area (TPSA) is 166 Å². The van der Waals surface area contributed by atoms with Gasteiger partial charge >= 0.3 is 7.12 Å². The summed E-state index contributed by atoms with van der Waals surface area (Å²) < 4.78 is 28.5. The Hall–Kier alpha value is -8.92. The lowest BCUT2D eigenvalue weighted by molar-refractivity contribution is -0.116. The van der Waals surface area contributed by atoms with Crippen molar-refractivity contribution in [1.82, 2.24) is 39.9 Å². The number of halogens is 1. The number of amides is 1. The van der Waals surface area contributed by atoms with Crippen LogP contribution in [0.25, 0.3) is 66.6 Å². The molecule has 0 bridgehead atoms. The highest BCUT2D eigenvalue weighted by Crippen LogP contribution is 2.43. The van der Waals surface area contributed by atoms with E-state index in [1.165, 1.54) is 12.1 Å². The predicted molar refractivity (Wildman–Crippen MR) is 301 cm³/mol. The van der Waals surface area contributed by atoms with Crippen molar-refractivity contribution in [1.29, 1.82) is 0 Å². The molecule has 6 heterocycles. The summed E-state index contributed by atoms with van der Waals surface area (Å²) in [5, 5.41) is 17.1. The number of pyridine rings is 2. The fraction of sp³-hybridized carbons (Fsp3) is 0.177. The number of nitrogens with zero attached hydrogens (tertiary/aromatic N) is 6. The van der Waals surface area contributed by atoms with E-state index < -0.39 is 23.9 Å². The molecule has 15 heteroatoms. The molecule has 77 heavy (non-hydrogen) atoms. The van der Waals surface area contributed by atoms with Gasteiger partial charge in [0.05, 0.1) is 51.3 Å². The fourth-order valence-corrected chi connectivity index (χ4v) is 10.1. The lowest BCUT2D eigenvalue weighted by Crippen LogP contribution is -2.41. The fourth-order valence-electron chi connectivity index (χ4n) is 10.1. The number of benzene rings is 6. The third-order valence-electron chi connectivity index (χ3n) is 14.5. The van der Waals surface area contributed by atoms with Gasteiger partial charge in [-0.05, 0) is 103 Å². The largest absolute Gasteiger partial charge is 0.494 e. The summed E-state index contributed by atoms with van der Waals surface area (Å²) in [6.45, 7) is 12.2. The molecule has 0 aliphatic carbocycles. The van der Waals surface area contributed by atoms with Crippen molar-refractivity contribution >= 4 is 63.3 Å². The van der Waals surface area contributed by atoms with Crippen LogP contribution in [0.2, 0.25) is 0 Å². The van der Waals surface area contributed by atoms with E-state index in [1.54, 1.807) is 30.9 Å². The monoisotopic (exact) mass is 1020 g/mol. The summed E-state index contributed by atoms with van der Waals surface area (Å²) in [4.78, 5) is 41.5. The number of carbonyl (C=O) groups excluding carboxylic acids is 2. The maximum Gasteiger partial charge on any atom is 0.494 e. The van der Waals surface area contributed by atoms with Crippen LogP contribution < -0.4 is 10.8 Å². The van der Waals surface area contributed by atoms with Crippen LogP contribution in [0.1, 0.15) is 75.1 Å². The molecule has 11 aromatic rings. The Balaban J connectivity index is 0.000000164. The summed E-state index contributed by atoms with van der Waals surface area (Å²) in [5.74, 6) is 0.483. The smallest absolute Gasteiger partial charge is 0.399 e. The van der Waals surface area contributed by atoms with Crippen molar-refractivity contribution < 1.29 is 23.3 Å². The predicted octanol–water partition coefficient (Wildman–Crippen LogP) is 12.3. The first-order chi connectivity index (χ1) is 37.2. The molecule has 5 aromatic heterocycles. The van der Waals surface area contributed by atoms with E-state index in [4.69, 9.17) is 19.4 Å². The summed E-state index contributed by atoms with van der Waals surface area (Å²) in [7, 11) is -0.538. The highest BCUT2D eigenvalue weighted by molar-refractivity contribution is 6.62.